The molecule has 1 aliphatic rings. The number of phenols is 1. The number of hydrogen-bond acceptors (Lipinski definition) is 4. The van der Waals surface area contributed by atoms with Crippen molar-refractivity contribution in [2.24, 2.45) is 0 Å². The van der Waals surface area contributed by atoms with Crippen LogP contribution in [0.2, 0.25) is 0 Å². The summed E-state index contributed by atoms with van der Waals surface area (Å²) in [7, 11) is 4.20. The van der Waals surface area contributed by atoms with E-state index in [0.29, 0.717) is 12.6 Å². The van der Waals surface area contributed by atoms with E-state index in [1.165, 1.54) is 5.56 Å². The zero-order chi connectivity index (χ0) is 14.0. The Morgan fingerprint density at radius 1 is 1.42 bits per heavy atom. The first-order valence-corrected chi connectivity index (χ1v) is 6.89. The molecule has 0 amide bonds. The number of phenolic OH excluding ortho intramolecular Hbond substituents is 1. The van der Waals surface area contributed by atoms with Crippen LogP contribution in [-0.4, -0.2) is 54.7 Å². The topological polar surface area (TPSA) is 35.9 Å². The van der Waals surface area contributed by atoms with E-state index in [-0.39, 0.29) is 11.8 Å². The van der Waals surface area contributed by atoms with Crippen LogP contribution < -0.4 is 4.74 Å². The maximum absolute atomic E-state index is 9.51. The molecule has 0 aliphatic carbocycles. The van der Waals surface area contributed by atoms with Gasteiger partial charge < -0.3 is 14.7 Å². The molecule has 1 aliphatic heterocycles. The molecule has 106 valence electrons. The van der Waals surface area contributed by atoms with Crippen molar-refractivity contribution in [1.82, 2.24) is 9.80 Å². The number of fused-ring (bicyclic) bond motifs is 1. The average molecular weight is 264 g/mol. The van der Waals surface area contributed by atoms with E-state index in [4.69, 9.17) is 4.74 Å². The molecule has 1 heterocycles. The van der Waals surface area contributed by atoms with E-state index < -0.39 is 0 Å². The molecule has 1 N–H and O–H groups in total. The molecule has 2 unspecified atom stereocenters. The fourth-order valence-corrected chi connectivity index (χ4v) is 2.93. The van der Waals surface area contributed by atoms with Crippen molar-refractivity contribution < 1.29 is 9.84 Å². The van der Waals surface area contributed by atoms with Gasteiger partial charge in [0.05, 0.1) is 6.04 Å². The van der Waals surface area contributed by atoms with Gasteiger partial charge in [-0.1, -0.05) is 6.92 Å². The van der Waals surface area contributed by atoms with Crippen molar-refractivity contribution in [1.29, 1.82) is 0 Å². The number of ether oxygens (including phenoxy) is 1. The summed E-state index contributed by atoms with van der Waals surface area (Å²) in [4.78, 5) is 4.67. The molecule has 0 fully saturated rings. The number of nitrogens with zero attached hydrogens (tertiary/aromatic N) is 2. The number of hydrogen-bond donors (Lipinski definition) is 1. The Morgan fingerprint density at radius 2 is 2.16 bits per heavy atom. The van der Waals surface area contributed by atoms with Gasteiger partial charge >= 0.3 is 0 Å². The molecule has 4 heteroatoms. The summed E-state index contributed by atoms with van der Waals surface area (Å²) >= 11 is 0. The standard InChI is InChI=1S/C15H24N2O2/c1-5-17(11(2)9-16(3)4)14-10-19-15-8-12(18)6-7-13(14)15/h6-8,11,14,18H,5,9-10H2,1-4H3. The maximum atomic E-state index is 9.51. The lowest BCUT2D eigenvalue weighted by Gasteiger charge is -2.34. The van der Waals surface area contributed by atoms with Crippen molar-refractivity contribution in [2.75, 3.05) is 33.8 Å². The average Bonchev–Trinajstić information content (AvgIpc) is 2.72. The fourth-order valence-electron chi connectivity index (χ4n) is 2.93. The highest BCUT2D eigenvalue weighted by atomic mass is 16.5. The fraction of sp³-hybridized carbons (Fsp3) is 0.600. The van der Waals surface area contributed by atoms with Crippen LogP contribution in [0.15, 0.2) is 18.2 Å². The molecule has 0 spiro atoms. The van der Waals surface area contributed by atoms with E-state index >= 15 is 0 Å². The van der Waals surface area contributed by atoms with Crippen LogP contribution in [0, 0.1) is 0 Å². The minimum atomic E-state index is 0.267. The van der Waals surface area contributed by atoms with Crippen LogP contribution in [0.25, 0.3) is 0 Å². The van der Waals surface area contributed by atoms with Gasteiger partial charge in [0.2, 0.25) is 0 Å². The van der Waals surface area contributed by atoms with Gasteiger partial charge in [-0.25, -0.2) is 0 Å². The second kappa shape index (κ2) is 5.80. The Bertz CT molecular complexity index is 434. The van der Waals surface area contributed by atoms with E-state index in [9.17, 15) is 5.11 Å². The summed E-state index contributed by atoms with van der Waals surface area (Å²) in [6.07, 6.45) is 0. The highest BCUT2D eigenvalue weighted by Gasteiger charge is 2.31. The predicted molar refractivity (Wildman–Crippen MR) is 76.7 cm³/mol. The number of rotatable bonds is 5. The summed E-state index contributed by atoms with van der Waals surface area (Å²) in [6.45, 7) is 7.12. The molecular weight excluding hydrogens is 240 g/mol. The van der Waals surface area contributed by atoms with Crippen molar-refractivity contribution in [3.63, 3.8) is 0 Å². The van der Waals surface area contributed by atoms with E-state index in [1.807, 2.05) is 6.07 Å². The Morgan fingerprint density at radius 3 is 2.79 bits per heavy atom. The molecule has 19 heavy (non-hydrogen) atoms. The Labute approximate surface area is 115 Å². The number of benzene rings is 1. The highest BCUT2D eigenvalue weighted by Crippen LogP contribution is 2.38. The molecule has 0 saturated heterocycles. The highest BCUT2D eigenvalue weighted by molar-refractivity contribution is 5.44. The van der Waals surface area contributed by atoms with Gasteiger partial charge in [-0.2, -0.15) is 0 Å². The lowest BCUT2D eigenvalue weighted by molar-refractivity contribution is 0.109. The first-order valence-electron chi connectivity index (χ1n) is 6.89. The zero-order valence-electron chi connectivity index (χ0n) is 12.3. The molecule has 2 rings (SSSR count). The molecule has 2 atom stereocenters. The second-order valence-corrected chi connectivity index (χ2v) is 5.49. The number of aromatic hydroxyl groups is 1. The molecular formula is C15H24N2O2. The quantitative estimate of drug-likeness (QED) is 0.883. The van der Waals surface area contributed by atoms with Gasteiger partial charge in [-0.3, -0.25) is 4.90 Å². The van der Waals surface area contributed by atoms with Gasteiger partial charge in [0.15, 0.2) is 0 Å². The smallest absolute Gasteiger partial charge is 0.127 e. The van der Waals surface area contributed by atoms with Crippen LogP contribution in [0.4, 0.5) is 0 Å². The SMILES string of the molecule is CCN(C(C)CN(C)C)C1COc2cc(O)ccc21. The van der Waals surface area contributed by atoms with Gasteiger partial charge in [0.1, 0.15) is 18.1 Å². The second-order valence-electron chi connectivity index (χ2n) is 5.49. The summed E-state index contributed by atoms with van der Waals surface area (Å²) in [5.41, 5.74) is 1.19. The lowest BCUT2D eigenvalue weighted by Crippen LogP contribution is -2.42. The van der Waals surface area contributed by atoms with E-state index in [0.717, 1.165) is 18.8 Å². The van der Waals surface area contributed by atoms with E-state index in [2.05, 4.69) is 37.7 Å². The van der Waals surface area contributed by atoms with Crippen molar-refractivity contribution in [3.8, 4) is 11.5 Å². The van der Waals surface area contributed by atoms with E-state index in [1.54, 1.807) is 12.1 Å². The van der Waals surface area contributed by atoms with Gasteiger partial charge in [0, 0.05) is 24.2 Å². The largest absolute Gasteiger partial charge is 0.508 e. The molecule has 4 nitrogen and oxygen atoms in total. The first-order chi connectivity index (χ1) is 9.02. The maximum Gasteiger partial charge on any atom is 0.127 e. The predicted octanol–water partition coefficient (Wildman–Crippen LogP) is 2.10. The summed E-state index contributed by atoms with van der Waals surface area (Å²) in [6, 6.07) is 6.18. The van der Waals surface area contributed by atoms with Gasteiger partial charge in [-0.15, -0.1) is 0 Å². The minimum absolute atomic E-state index is 0.267. The zero-order valence-corrected chi connectivity index (χ0v) is 12.3. The van der Waals surface area contributed by atoms with Crippen LogP contribution in [0.5, 0.6) is 11.5 Å². The van der Waals surface area contributed by atoms with Crippen molar-refractivity contribution in [3.05, 3.63) is 23.8 Å². The number of likely N-dealkylation sites (N-methyl/N-ethyl adjacent to an activating group) is 2. The third-order valence-electron chi connectivity index (χ3n) is 3.71. The van der Waals surface area contributed by atoms with Gasteiger partial charge in [-0.05, 0) is 39.7 Å². The summed E-state index contributed by atoms with van der Waals surface area (Å²) in [5.74, 6) is 1.09. The third kappa shape index (κ3) is 3.01. The normalized spacial score (nSPS) is 19.6. The molecule has 0 bridgehead atoms. The monoisotopic (exact) mass is 264 g/mol. The van der Waals surface area contributed by atoms with Gasteiger partial charge in [0.25, 0.3) is 0 Å². The van der Waals surface area contributed by atoms with Crippen LogP contribution in [0.3, 0.4) is 0 Å². The van der Waals surface area contributed by atoms with Crippen LogP contribution >= 0.6 is 0 Å². The van der Waals surface area contributed by atoms with Crippen LogP contribution in [0.1, 0.15) is 25.5 Å². The first kappa shape index (κ1) is 14.2. The minimum Gasteiger partial charge on any atom is -0.508 e. The molecule has 1 aromatic carbocycles. The van der Waals surface area contributed by atoms with Crippen molar-refractivity contribution >= 4 is 0 Å². The molecule has 0 saturated carbocycles. The Kier molecular flexibility index (Phi) is 4.32. The molecule has 0 radical (unpaired) electrons. The van der Waals surface area contributed by atoms with Crippen molar-refractivity contribution in [2.45, 2.75) is 25.9 Å². The summed E-state index contributed by atoms with van der Waals surface area (Å²) < 4.78 is 5.71. The van der Waals surface area contributed by atoms with Crippen LogP contribution in [-0.2, 0) is 0 Å². The lowest BCUT2D eigenvalue weighted by atomic mass is 10.0. The molecule has 1 aromatic rings. The Balaban J connectivity index is 2.18. The Hall–Kier alpha value is -1.26. The third-order valence-corrected chi connectivity index (χ3v) is 3.71. The molecule has 0 aromatic heterocycles. The summed E-state index contributed by atoms with van der Waals surface area (Å²) in [5, 5.41) is 9.51.